The average molecular weight is 517 g/mol. The van der Waals surface area contributed by atoms with Crippen LogP contribution >= 0.6 is 23.2 Å². The van der Waals surface area contributed by atoms with E-state index < -0.39 is 15.4 Å². The van der Waals surface area contributed by atoms with Gasteiger partial charge < -0.3 is 9.80 Å². The van der Waals surface area contributed by atoms with E-state index in [1.54, 1.807) is 11.0 Å². The number of hydrogen-bond acceptors (Lipinski definition) is 4. The number of benzene rings is 1. The number of sulfonamides is 1. The zero-order valence-electron chi connectivity index (χ0n) is 19.7. The lowest BCUT2D eigenvalue weighted by Crippen LogP contribution is -2.52. The van der Waals surface area contributed by atoms with E-state index in [-0.39, 0.29) is 19.0 Å². The van der Waals surface area contributed by atoms with Crippen molar-refractivity contribution in [1.29, 1.82) is 0 Å². The lowest BCUT2D eigenvalue weighted by molar-refractivity contribution is -0.125. The Hall–Kier alpha value is -0.860. The Bertz CT molecular complexity index is 998. The summed E-state index contributed by atoms with van der Waals surface area (Å²) < 4.78 is 25.5. The fourth-order valence-electron chi connectivity index (χ4n) is 6.08. The van der Waals surface area contributed by atoms with E-state index in [2.05, 4.69) is 23.5 Å². The van der Waals surface area contributed by atoms with Crippen molar-refractivity contribution in [1.82, 2.24) is 9.62 Å². The van der Waals surface area contributed by atoms with Gasteiger partial charge in [-0.25, -0.2) is 13.1 Å². The molecule has 2 aliphatic heterocycles. The van der Waals surface area contributed by atoms with Crippen molar-refractivity contribution in [3.63, 3.8) is 0 Å². The van der Waals surface area contributed by atoms with Crippen LogP contribution in [0.1, 0.15) is 57.9 Å². The molecule has 0 atom stereocenters. The summed E-state index contributed by atoms with van der Waals surface area (Å²) in [6.45, 7) is 6.85. The van der Waals surface area contributed by atoms with Gasteiger partial charge in [0.2, 0.25) is 15.9 Å². The molecule has 1 aromatic rings. The summed E-state index contributed by atoms with van der Waals surface area (Å²) in [5.41, 5.74) is 1.08. The van der Waals surface area contributed by atoms with E-state index in [0.717, 1.165) is 55.3 Å². The van der Waals surface area contributed by atoms with Crippen molar-refractivity contribution in [2.75, 3.05) is 37.3 Å². The fourth-order valence-corrected chi connectivity index (χ4v) is 6.86. The predicted octanol–water partition coefficient (Wildman–Crippen LogP) is 4.44. The van der Waals surface area contributed by atoms with E-state index in [1.165, 1.54) is 25.7 Å². The molecule has 9 heteroatoms. The standard InChI is InChI=1S/C24H35Cl2N3O3S/c1-16(2)17-4-6-18(7-5-17)28-11-8-24(9-12-28)19-14-20(25)21(26)15-22(19)29(23(24)30)13-10-27-33(3,31)32/h14-18,27H,4-13H2,1-3H3/t17-,18+. The first-order valence-corrected chi connectivity index (χ1v) is 14.7. The number of nitrogens with zero attached hydrogens (tertiary/aromatic N) is 2. The van der Waals surface area contributed by atoms with Crippen molar-refractivity contribution in [2.45, 2.75) is 63.8 Å². The van der Waals surface area contributed by atoms with E-state index >= 15 is 0 Å². The number of carbonyl (C=O) groups is 1. The maximum atomic E-state index is 13.8. The van der Waals surface area contributed by atoms with Crippen LogP contribution in [0, 0.1) is 11.8 Å². The zero-order valence-corrected chi connectivity index (χ0v) is 22.1. The van der Waals surface area contributed by atoms with E-state index in [4.69, 9.17) is 23.2 Å². The van der Waals surface area contributed by atoms with Gasteiger partial charge in [0.05, 0.1) is 21.7 Å². The second kappa shape index (κ2) is 9.65. The molecule has 3 aliphatic rings. The number of likely N-dealkylation sites (tertiary alicyclic amines) is 1. The molecule has 0 aromatic heterocycles. The van der Waals surface area contributed by atoms with Crippen molar-refractivity contribution < 1.29 is 13.2 Å². The zero-order chi connectivity index (χ0) is 24.0. The van der Waals surface area contributed by atoms with Crippen LogP contribution in [0.4, 0.5) is 5.69 Å². The predicted molar refractivity (Wildman–Crippen MR) is 135 cm³/mol. The van der Waals surface area contributed by atoms with Gasteiger partial charge in [-0.15, -0.1) is 0 Å². The van der Waals surface area contributed by atoms with Gasteiger partial charge in [0.15, 0.2) is 0 Å². The third-order valence-electron chi connectivity index (χ3n) is 8.05. The molecule has 1 saturated carbocycles. The molecule has 1 aliphatic carbocycles. The van der Waals surface area contributed by atoms with Gasteiger partial charge in [-0.2, -0.15) is 0 Å². The summed E-state index contributed by atoms with van der Waals surface area (Å²) in [5.74, 6) is 1.62. The molecule has 1 amide bonds. The Morgan fingerprint density at radius 2 is 1.70 bits per heavy atom. The number of fused-ring (bicyclic) bond motifs is 2. The molecule has 1 saturated heterocycles. The summed E-state index contributed by atoms with van der Waals surface area (Å²) in [5, 5.41) is 0.855. The molecule has 6 nitrogen and oxygen atoms in total. The van der Waals surface area contributed by atoms with Gasteiger partial charge in [0.1, 0.15) is 0 Å². The van der Waals surface area contributed by atoms with E-state index in [1.807, 2.05) is 6.07 Å². The molecule has 4 rings (SSSR count). The first-order chi connectivity index (χ1) is 15.5. The Kier molecular flexibility index (Phi) is 7.38. The molecule has 184 valence electrons. The van der Waals surface area contributed by atoms with Gasteiger partial charge >= 0.3 is 0 Å². The third kappa shape index (κ3) is 5.08. The molecule has 1 N–H and O–H groups in total. The van der Waals surface area contributed by atoms with Crippen LogP contribution in [0.3, 0.4) is 0 Å². The summed E-state index contributed by atoms with van der Waals surface area (Å²) in [6, 6.07) is 4.22. The number of nitrogens with one attached hydrogen (secondary N) is 1. The normalized spacial score (nSPS) is 25.8. The van der Waals surface area contributed by atoms with Crippen LogP contribution < -0.4 is 9.62 Å². The number of rotatable bonds is 6. The molecule has 1 aromatic carbocycles. The Balaban J connectivity index is 1.51. The highest BCUT2D eigenvalue weighted by atomic mass is 35.5. The Morgan fingerprint density at radius 3 is 2.27 bits per heavy atom. The Labute approximate surface area is 208 Å². The highest BCUT2D eigenvalue weighted by molar-refractivity contribution is 7.88. The second-order valence-corrected chi connectivity index (χ2v) is 13.0. The maximum absolute atomic E-state index is 13.8. The first-order valence-electron chi connectivity index (χ1n) is 12.0. The summed E-state index contributed by atoms with van der Waals surface area (Å²) in [6.07, 6.45) is 7.68. The Morgan fingerprint density at radius 1 is 1.09 bits per heavy atom. The lowest BCUT2D eigenvalue weighted by Gasteiger charge is -2.44. The number of anilines is 1. The number of carbonyl (C=O) groups excluding carboxylic acids is 1. The van der Waals surface area contributed by atoms with Crippen molar-refractivity contribution in [2.24, 2.45) is 11.8 Å². The minimum atomic E-state index is -3.33. The smallest absolute Gasteiger partial charge is 0.237 e. The van der Waals surface area contributed by atoms with Gasteiger partial charge in [-0.05, 0) is 81.1 Å². The number of piperidine rings is 1. The molecular formula is C24H35Cl2N3O3S. The molecular weight excluding hydrogens is 481 g/mol. The van der Waals surface area contributed by atoms with Gasteiger partial charge in [-0.1, -0.05) is 37.0 Å². The highest BCUT2D eigenvalue weighted by Gasteiger charge is 2.52. The van der Waals surface area contributed by atoms with Crippen LogP contribution in [-0.4, -0.2) is 57.7 Å². The van der Waals surface area contributed by atoms with Crippen molar-refractivity contribution in [3.05, 3.63) is 27.7 Å². The highest BCUT2D eigenvalue weighted by Crippen LogP contribution is 2.50. The van der Waals surface area contributed by atoms with Crippen LogP contribution in [0.25, 0.3) is 0 Å². The molecule has 0 radical (unpaired) electrons. The number of halogens is 2. The SMILES string of the molecule is CC(C)[C@H]1CC[C@@H](N2CCC3(CC2)C(=O)N(CCNS(C)(=O)=O)c2cc(Cl)c(Cl)cc23)CC1. The van der Waals surface area contributed by atoms with Crippen LogP contribution in [0.5, 0.6) is 0 Å². The van der Waals surface area contributed by atoms with Crippen molar-refractivity contribution >= 4 is 44.8 Å². The van der Waals surface area contributed by atoms with Crippen LogP contribution in [0.15, 0.2) is 12.1 Å². The second-order valence-electron chi connectivity index (χ2n) is 10.3. The van der Waals surface area contributed by atoms with Crippen LogP contribution in [0.2, 0.25) is 10.0 Å². The molecule has 0 bridgehead atoms. The molecule has 1 spiro atoms. The van der Waals surface area contributed by atoms with Gasteiger partial charge in [-0.3, -0.25) is 4.79 Å². The molecule has 0 unspecified atom stereocenters. The average Bonchev–Trinajstić information content (AvgIpc) is 2.96. The van der Waals surface area contributed by atoms with E-state index in [9.17, 15) is 13.2 Å². The third-order valence-corrected chi connectivity index (χ3v) is 9.50. The molecule has 2 heterocycles. The fraction of sp³-hybridized carbons (Fsp3) is 0.708. The maximum Gasteiger partial charge on any atom is 0.237 e. The first kappa shape index (κ1) is 25.2. The summed E-state index contributed by atoms with van der Waals surface area (Å²) in [7, 11) is -3.33. The number of hydrogen-bond donors (Lipinski definition) is 1. The van der Waals surface area contributed by atoms with E-state index in [0.29, 0.717) is 16.1 Å². The van der Waals surface area contributed by atoms with Crippen molar-refractivity contribution in [3.8, 4) is 0 Å². The number of amides is 1. The minimum absolute atomic E-state index is 0.0364. The summed E-state index contributed by atoms with van der Waals surface area (Å²) in [4.78, 5) is 18.0. The largest absolute Gasteiger partial charge is 0.310 e. The van der Waals surface area contributed by atoms with Crippen LogP contribution in [-0.2, 0) is 20.2 Å². The quantitative estimate of drug-likeness (QED) is 0.607. The minimum Gasteiger partial charge on any atom is -0.310 e. The lowest BCUT2D eigenvalue weighted by atomic mass is 9.72. The molecule has 2 fully saturated rings. The summed E-state index contributed by atoms with van der Waals surface area (Å²) >= 11 is 12.7. The monoisotopic (exact) mass is 515 g/mol. The molecule has 33 heavy (non-hydrogen) atoms. The van der Waals surface area contributed by atoms with Gasteiger partial charge in [0, 0.05) is 24.8 Å². The van der Waals surface area contributed by atoms with Gasteiger partial charge in [0.25, 0.3) is 0 Å². The topological polar surface area (TPSA) is 69.7 Å².